The van der Waals surface area contributed by atoms with Crippen LogP contribution in [0, 0.1) is 0 Å². The number of carbonyl (C=O) groups is 1. The van der Waals surface area contributed by atoms with E-state index in [1.807, 2.05) is 4.90 Å². The van der Waals surface area contributed by atoms with Gasteiger partial charge in [-0.3, -0.25) is 4.79 Å². The molecule has 0 saturated carbocycles. The number of carbonyl (C=O) groups excluding carboxylic acids is 1. The molecule has 6 heteroatoms. The highest BCUT2D eigenvalue weighted by Crippen LogP contribution is 2.17. The van der Waals surface area contributed by atoms with E-state index in [2.05, 4.69) is 5.32 Å². The molecule has 2 fully saturated rings. The van der Waals surface area contributed by atoms with Crippen LogP contribution in [0.1, 0.15) is 6.92 Å². The molecule has 0 radical (unpaired) electrons. The summed E-state index contributed by atoms with van der Waals surface area (Å²) in [4.78, 5) is 13.6. The third-order valence-electron chi connectivity index (χ3n) is 2.87. The van der Waals surface area contributed by atoms with Crippen molar-refractivity contribution in [2.45, 2.75) is 25.1 Å². The molecule has 3 N–H and O–H groups in total. The molecule has 0 aliphatic carbocycles. The Morgan fingerprint density at radius 1 is 1.60 bits per heavy atom. The third-order valence-corrected chi connectivity index (χ3v) is 2.87. The molecule has 2 aliphatic rings. The first kappa shape index (κ1) is 12.7. The Labute approximate surface area is 95.7 Å². The highest BCUT2D eigenvalue weighted by Gasteiger charge is 2.38. The van der Waals surface area contributed by atoms with Gasteiger partial charge in [-0.1, -0.05) is 0 Å². The van der Waals surface area contributed by atoms with Crippen molar-refractivity contribution in [1.29, 1.82) is 0 Å². The zero-order valence-corrected chi connectivity index (χ0v) is 9.63. The zero-order valence-electron chi connectivity index (χ0n) is 8.81. The highest BCUT2D eigenvalue weighted by atomic mass is 35.5. The van der Waals surface area contributed by atoms with Gasteiger partial charge < -0.3 is 20.7 Å². The van der Waals surface area contributed by atoms with E-state index in [0.29, 0.717) is 13.2 Å². The molecule has 0 unspecified atom stereocenters. The van der Waals surface area contributed by atoms with Gasteiger partial charge in [0.05, 0.1) is 24.8 Å². The summed E-state index contributed by atoms with van der Waals surface area (Å²) in [5.41, 5.74) is 5.60. The molecular weight excluding hydrogens is 218 g/mol. The molecule has 88 valence electrons. The number of fused-ring (bicyclic) bond motifs is 1. The van der Waals surface area contributed by atoms with Crippen LogP contribution in [0.15, 0.2) is 0 Å². The fraction of sp³-hybridized carbons (Fsp3) is 0.889. The van der Waals surface area contributed by atoms with Crippen molar-refractivity contribution in [3.05, 3.63) is 0 Å². The van der Waals surface area contributed by atoms with E-state index in [-0.39, 0.29) is 30.5 Å². The van der Waals surface area contributed by atoms with Crippen molar-refractivity contribution in [1.82, 2.24) is 10.2 Å². The first-order valence-corrected chi connectivity index (χ1v) is 5.08. The Morgan fingerprint density at radius 2 is 2.33 bits per heavy atom. The lowest BCUT2D eigenvalue weighted by Gasteiger charge is -2.37. The van der Waals surface area contributed by atoms with Gasteiger partial charge in [-0.25, -0.2) is 0 Å². The quantitative estimate of drug-likeness (QED) is 0.609. The number of hydrogen-bond donors (Lipinski definition) is 2. The second-order valence-corrected chi connectivity index (χ2v) is 3.96. The predicted octanol–water partition coefficient (Wildman–Crippen LogP) is -1.05. The maximum absolute atomic E-state index is 11.8. The van der Waals surface area contributed by atoms with E-state index in [4.69, 9.17) is 10.5 Å². The average molecular weight is 236 g/mol. The van der Waals surface area contributed by atoms with E-state index in [1.165, 1.54) is 0 Å². The summed E-state index contributed by atoms with van der Waals surface area (Å²) < 4.78 is 5.56. The summed E-state index contributed by atoms with van der Waals surface area (Å²) in [7, 11) is 0. The van der Waals surface area contributed by atoms with Crippen LogP contribution in [0.4, 0.5) is 0 Å². The van der Waals surface area contributed by atoms with Gasteiger partial charge in [0, 0.05) is 19.6 Å². The topological polar surface area (TPSA) is 67.6 Å². The number of nitrogens with one attached hydrogen (secondary N) is 1. The van der Waals surface area contributed by atoms with Gasteiger partial charge in [0.15, 0.2) is 0 Å². The fourth-order valence-electron chi connectivity index (χ4n) is 2.13. The molecule has 0 aromatic rings. The smallest absolute Gasteiger partial charge is 0.239 e. The minimum atomic E-state index is -0.408. The minimum absolute atomic E-state index is 0. The number of nitrogens with zero attached hydrogens (tertiary/aromatic N) is 1. The summed E-state index contributed by atoms with van der Waals surface area (Å²) in [5.74, 6) is 0.0343. The van der Waals surface area contributed by atoms with E-state index in [1.54, 1.807) is 6.92 Å². The second kappa shape index (κ2) is 5.12. The van der Waals surface area contributed by atoms with E-state index >= 15 is 0 Å². The van der Waals surface area contributed by atoms with Crippen LogP contribution in [0.2, 0.25) is 0 Å². The largest absolute Gasteiger partial charge is 0.373 e. The standard InChI is InChI=1S/C9H17N3O2.ClH/c1-6(10)9(13)12-2-3-14-8-5-11-4-7(8)12;/h6-8,11H,2-5,10H2,1H3;1H/t6-,7-,8-;/m1./s1. The van der Waals surface area contributed by atoms with Gasteiger partial charge in [-0.2, -0.15) is 0 Å². The van der Waals surface area contributed by atoms with Crippen LogP contribution in [-0.4, -0.2) is 55.2 Å². The molecule has 0 spiro atoms. The van der Waals surface area contributed by atoms with Gasteiger partial charge in [-0.05, 0) is 6.92 Å². The van der Waals surface area contributed by atoms with Crippen molar-refractivity contribution in [3.8, 4) is 0 Å². The van der Waals surface area contributed by atoms with E-state index < -0.39 is 6.04 Å². The molecule has 2 rings (SSSR count). The lowest BCUT2D eigenvalue weighted by Crippen LogP contribution is -2.56. The number of hydrogen-bond acceptors (Lipinski definition) is 4. The minimum Gasteiger partial charge on any atom is -0.373 e. The van der Waals surface area contributed by atoms with Gasteiger partial charge in [0.1, 0.15) is 0 Å². The van der Waals surface area contributed by atoms with Crippen LogP contribution in [0.25, 0.3) is 0 Å². The van der Waals surface area contributed by atoms with Crippen molar-refractivity contribution in [2.75, 3.05) is 26.2 Å². The van der Waals surface area contributed by atoms with Crippen molar-refractivity contribution in [2.24, 2.45) is 5.73 Å². The Balaban J connectivity index is 0.00000112. The molecule has 3 atom stereocenters. The molecule has 0 aromatic carbocycles. The maximum Gasteiger partial charge on any atom is 0.239 e. The molecule has 2 heterocycles. The number of morpholine rings is 1. The molecule has 0 aromatic heterocycles. The predicted molar refractivity (Wildman–Crippen MR) is 59.0 cm³/mol. The van der Waals surface area contributed by atoms with Crippen LogP contribution in [0.5, 0.6) is 0 Å². The Kier molecular flexibility index (Phi) is 4.33. The lowest BCUT2D eigenvalue weighted by molar-refractivity contribution is -0.143. The number of rotatable bonds is 1. The summed E-state index contributed by atoms with van der Waals surface area (Å²) in [6, 6.07) is -0.225. The molecule has 15 heavy (non-hydrogen) atoms. The fourth-order valence-corrected chi connectivity index (χ4v) is 2.13. The summed E-state index contributed by atoms with van der Waals surface area (Å²) in [6.07, 6.45) is 0.159. The average Bonchev–Trinajstić information content (AvgIpc) is 2.63. The van der Waals surface area contributed by atoms with Gasteiger partial charge >= 0.3 is 0 Å². The van der Waals surface area contributed by atoms with Crippen LogP contribution in [-0.2, 0) is 9.53 Å². The SMILES string of the molecule is C[C@@H](N)C(=O)N1CCO[C@@H]2CNC[C@H]21.Cl. The first-order chi connectivity index (χ1) is 6.70. The van der Waals surface area contributed by atoms with E-state index in [0.717, 1.165) is 13.1 Å². The van der Waals surface area contributed by atoms with Crippen LogP contribution in [0.3, 0.4) is 0 Å². The zero-order chi connectivity index (χ0) is 10.1. The highest BCUT2D eigenvalue weighted by molar-refractivity contribution is 5.85. The number of nitrogens with two attached hydrogens (primary N) is 1. The lowest BCUT2D eigenvalue weighted by atomic mass is 10.1. The summed E-state index contributed by atoms with van der Waals surface area (Å²) in [5, 5.41) is 3.23. The third kappa shape index (κ3) is 2.42. The molecule has 0 bridgehead atoms. The number of amides is 1. The summed E-state index contributed by atoms with van der Waals surface area (Å²) in [6.45, 7) is 4.69. The van der Waals surface area contributed by atoms with Crippen molar-refractivity contribution >= 4 is 18.3 Å². The van der Waals surface area contributed by atoms with Crippen molar-refractivity contribution < 1.29 is 9.53 Å². The molecular formula is C9H18ClN3O2. The van der Waals surface area contributed by atoms with Crippen LogP contribution >= 0.6 is 12.4 Å². The molecule has 5 nitrogen and oxygen atoms in total. The molecule has 2 aliphatic heterocycles. The van der Waals surface area contributed by atoms with Gasteiger partial charge in [0.2, 0.25) is 5.91 Å². The Hall–Kier alpha value is -0.360. The van der Waals surface area contributed by atoms with Crippen LogP contribution < -0.4 is 11.1 Å². The molecule has 1 amide bonds. The summed E-state index contributed by atoms with van der Waals surface area (Å²) >= 11 is 0. The van der Waals surface area contributed by atoms with Gasteiger partial charge in [-0.15, -0.1) is 12.4 Å². The first-order valence-electron chi connectivity index (χ1n) is 5.08. The van der Waals surface area contributed by atoms with Gasteiger partial charge in [0.25, 0.3) is 0 Å². The number of ether oxygens (including phenoxy) is 1. The maximum atomic E-state index is 11.8. The number of halogens is 1. The second-order valence-electron chi connectivity index (χ2n) is 3.96. The normalized spacial score (nSPS) is 31.7. The van der Waals surface area contributed by atoms with Crippen molar-refractivity contribution in [3.63, 3.8) is 0 Å². The monoisotopic (exact) mass is 235 g/mol. The van der Waals surface area contributed by atoms with E-state index in [9.17, 15) is 4.79 Å². The molecule has 2 saturated heterocycles. The Morgan fingerprint density at radius 3 is 3.00 bits per heavy atom. The Bertz CT molecular complexity index is 237.